The zero-order valence-electron chi connectivity index (χ0n) is 25.3. The van der Waals surface area contributed by atoms with E-state index < -0.39 is 0 Å². The molecule has 8 rings (SSSR count). The van der Waals surface area contributed by atoms with Gasteiger partial charge in [-0.3, -0.25) is 9.59 Å². The van der Waals surface area contributed by atoms with Crippen LogP contribution in [0.15, 0.2) is 60.2 Å². The molecule has 43 heavy (non-hydrogen) atoms. The van der Waals surface area contributed by atoms with Crippen LogP contribution in [0.4, 0.5) is 5.69 Å². The normalized spacial score (nSPS) is 32.3. The lowest BCUT2D eigenvalue weighted by Gasteiger charge is -2.54. The number of nitriles is 1. The Hall–Kier alpha value is -3.69. The van der Waals surface area contributed by atoms with Gasteiger partial charge in [-0.25, -0.2) is 0 Å². The van der Waals surface area contributed by atoms with Crippen LogP contribution in [0.25, 0.3) is 16.0 Å². The van der Waals surface area contributed by atoms with Crippen LogP contribution in [0.3, 0.4) is 0 Å². The third-order valence-corrected chi connectivity index (χ3v) is 13.2. The van der Waals surface area contributed by atoms with Crippen LogP contribution in [0, 0.1) is 46.3 Å². The van der Waals surface area contributed by atoms with Crippen molar-refractivity contribution >= 4 is 34.2 Å². The van der Waals surface area contributed by atoms with Crippen molar-refractivity contribution in [1.82, 2.24) is 0 Å². The summed E-state index contributed by atoms with van der Waals surface area (Å²) in [6.07, 6.45) is 6.42. The van der Waals surface area contributed by atoms with Gasteiger partial charge >= 0.3 is 0 Å². The van der Waals surface area contributed by atoms with Crippen LogP contribution in [0.5, 0.6) is 5.75 Å². The van der Waals surface area contributed by atoms with Crippen molar-refractivity contribution in [3.05, 3.63) is 76.2 Å². The SMILES string of the molecule is COc1ccc(-c2cc3c(s2)C2(C4CC5CC6CC2CC56C4)C(C(C)=O)C(C(C)=O)=C3C)cc1.N#Cc1cccc(N)c1. The van der Waals surface area contributed by atoms with E-state index in [1.165, 1.54) is 53.0 Å². The quantitative estimate of drug-likeness (QED) is 0.313. The minimum atomic E-state index is -0.288. The van der Waals surface area contributed by atoms with Gasteiger partial charge in [0.25, 0.3) is 0 Å². The van der Waals surface area contributed by atoms with Gasteiger partial charge in [-0.05, 0) is 147 Å². The molecule has 0 radical (unpaired) electrons. The molecule has 0 aliphatic heterocycles. The molecule has 5 atom stereocenters. The average Bonchev–Trinajstić information content (AvgIpc) is 3.62. The van der Waals surface area contributed by atoms with Gasteiger partial charge in [0.2, 0.25) is 0 Å². The Balaban J connectivity index is 0.000000288. The van der Waals surface area contributed by atoms with E-state index in [9.17, 15) is 9.59 Å². The van der Waals surface area contributed by atoms with Crippen LogP contribution in [-0.2, 0) is 15.0 Å². The molecular formula is C37H38N2O3S. The molecule has 2 aromatic carbocycles. The average molecular weight is 591 g/mol. The third kappa shape index (κ3) is 3.87. The zero-order valence-corrected chi connectivity index (χ0v) is 26.1. The maximum atomic E-state index is 13.5. The van der Waals surface area contributed by atoms with E-state index in [4.69, 9.17) is 15.7 Å². The Morgan fingerprint density at radius 1 is 0.977 bits per heavy atom. The summed E-state index contributed by atoms with van der Waals surface area (Å²) < 4.78 is 5.38. The number of rotatable bonds is 4. The second-order valence-corrected chi connectivity index (χ2v) is 14.6. The smallest absolute Gasteiger partial charge is 0.156 e. The summed E-state index contributed by atoms with van der Waals surface area (Å²) in [6.45, 7) is 5.51. The third-order valence-electron chi connectivity index (χ3n) is 11.8. The first-order valence-electron chi connectivity index (χ1n) is 15.4. The monoisotopic (exact) mass is 590 g/mol. The highest BCUT2D eigenvalue weighted by molar-refractivity contribution is 7.16. The summed E-state index contributed by atoms with van der Waals surface area (Å²) in [5.74, 6) is 3.56. The number of thiophene rings is 1. The number of anilines is 1. The largest absolute Gasteiger partial charge is 0.497 e. The van der Waals surface area contributed by atoms with Gasteiger partial charge in [0, 0.05) is 26.4 Å². The van der Waals surface area contributed by atoms with E-state index >= 15 is 0 Å². The predicted molar refractivity (Wildman–Crippen MR) is 170 cm³/mol. The Kier molecular flexibility index (Phi) is 6.48. The van der Waals surface area contributed by atoms with Gasteiger partial charge in [0.15, 0.2) is 5.78 Å². The molecule has 1 heterocycles. The molecule has 0 amide bonds. The number of fused-ring (bicyclic) bond motifs is 6. The molecular weight excluding hydrogens is 552 g/mol. The zero-order chi connectivity index (χ0) is 30.3. The standard InChI is InChI=1S/C30H32O3S.C7H6N2/c1-15-24-12-25(18-5-7-23(33-4)8-6-18)34-28(24)30(27(17(3)32)26(15)16(2)31)21-10-19-9-20-11-22(30)14-29(19,20)13-21;8-5-6-2-1-3-7(9)4-6/h5-8,12,19-22,27H,9-11,13-14H2,1-4H3;1-4H,9H2. The molecule has 5 nitrogen and oxygen atoms in total. The molecule has 0 saturated heterocycles. The van der Waals surface area contributed by atoms with Crippen LogP contribution < -0.4 is 10.5 Å². The summed E-state index contributed by atoms with van der Waals surface area (Å²) in [4.78, 5) is 29.3. The number of hydrogen-bond donors (Lipinski definition) is 1. The van der Waals surface area contributed by atoms with Gasteiger partial charge in [-0.15, -0.1) is 11.3 Å². The lowest BCUT2D eigenvalue weighted by Crippen LogP contribution is -2.54. The first-order chi connectivity index (χ1) is 20.6. The number of nitrogen functional groups attached to an aromatic ring is 1. The summed E-state index contributed by atoms with van der Waals surface area (Å²) >= 11 is 1.90. The first-order valence-corrected chi connectivity index (χ1v) is 16.2. The van der Waals surface area contributed by atoms with Crippen LogP contribution in [0.2, 0.25) is 0 Å². The molecule has 3 aromatic rings. The maximum absolute atomic E-state index is 13.5. The first kappa shape index (κ1) is 28.1. The minimum Gasteiger partial charge on any atom is -0.497 e. The summed E-state index contributed by atoms with van der Waals surface area (Å²) in [7, 11) is 1.69. The lowest BCUT2D eigenvalue weighted by molar-refractivity contribution is -0.127. The predicted octanol–water partition coefficient (Wildman–Crippen LogP) is 7.84. The molecule has 220 valence electrons. The molecule has 4 fully saturated rings. The fourth-order valence-electron chi connectivity index (χ4n) is 10.3. The number of ketones is 2. The topological polar surface area (TPSA) is 93.2 Å². The van der Waals surface area contributed by atoms with Gasteiger partial charge in [-0.2, -0.15) is 5.26 Å². The summed E-state index contributed by atoms with van der Waals surface area (Å²) in [6, 6.07) is 19.5. The molecule has 1 aromatic heterocycles. The van der Waals surface area contributed by atoms with E-state index in [0.29, 0.717) is 28.5 Å². The second kappa shape index (κ2) is 9.92. The van der Waals surface area contributed by atoms with E-state index in [2.05, 4.69) is 25.1 Å². The number of allylic oxidation sites excluding steroid dienone is 2. The molecule has 3 bridgehead atoms. The number of nitrogens with two attached hydrogens (primary N) is 1. The Labute approximate surface area is 257 Å². The van der Waals surface area contributed by atoms with E-state index in [1.807, 2.05) is 29.5 Å². The van der Waals surface area contributed by atoms with Crippen molar-refractivity contribution in [2.45, 2.75) is 58.3 Å². The minimum absolute atomic E-state index is 0.0814. The number of hydrogen-bond acceptors (Lipinski definition) is 6. The number of nitrogens with zero attached hydrogens (tertiary/aromatic N) is 1. The van der Waals surface area contributed by atoms with E-state index in [0.717, 1.165) is 28.7 Å². The fourth-order valence-corrected chi connectivity index (χ4v) is 11.9. The van der Waals surface area contributed by atoms with Crippen molar-refractivity contribution in [1.29, 1.82) is 5.26 Å². The molecule has 4 saturated carbocycles. The molecule has 2 spiro atoms. The highest BCUT2D eigenvalue weighted by Gasteiger charge is 2.76. The van der Waals surface area contributed by atoms with Crippen molar-refractivity contribution in [3.63, 3.8) is 0 Å². The number of carbonyl (C=O) groups excluding carboxylic acids is 2. The molecule has 5 aliphatic rings. The highest BCUT2D eigenvalue weighted by atomic mass is 32.1. The maximum Gasteiger partial charge on any atom is 0.156 e. The molecule has 6 heteroatoms. The molecule has 5 unspecified atom stereocenters. The van der Waals surface area contributed by atoms with Crippen LogP contribution >= 0.6 is 11.3 Å². The van der Waals surface area contributed by atoms with Crippen molar-refractivity contribution in [2.24, 2.45) is 35.0 Å². The van der Waals surface area contributed by atoms with Gasteiger partial charge < -0.3 is 10.5 Å². The highest BCUT2D eigenvalue weighted by Crippen LogP contribution is 2.82. The lowest BCUT2D eigenvalue weighted by atomic mass is 9.49. The number of carbonyl (C=O) groups is 2. The van der Waals surface area contributed by atoms with Crippen LogP contribution in [-0.4, -0.2) is 18.7 Å². The Morgan fingerprint density at radius 2 is 1.63 bits per heavy atom. The summed E-state index contributed by atoms with van der Waals surface area (Å²) in [5, 5.41) is 8.36. The van der Waals surface area contributed by atoms with Gasteiger partial charge in [0.1, 0.15) is 11.5 Å². The number of ether oxygens (including phenoxy) is 1. The van der Waals surface area contributed by atoms with Crippen molar-refractivity contribution in [3.8, 4) is 22.3 Å². The van der Waals surface area contributed by atoms with Crippen molar-refractivity contribution < 1.29 is 14.3 Å². The van der Waals surface area contributed by atoms with Crippen molar-refractivity contribution in [2.75, 3.05) is 12.8 Å². The Bertz CT molecular complexity index is 1700. The molecule has 5 aliphatic carbocycles. The second-order valence-electron chi connectivity index (χ2n) is 13.5. The van der Waals surface area contributed by atoms with E-state index in [1.54, 1.807) is 45.2 Å². The molecule has 2 N–H and O–H groups in total. The fraction of sp³-hybridized carbons (Fsp3) is 0.432. The number of Topliss-reactive ketones (excluding diaryl/α,β-unsaturated/α-hetero) is 2. The number of benzene rings is 2. The van der Waals surface area contributed by atoms with Gasteiger partial charge in [-0.1, -0.05) is 6.07 Å². The van der Waals surface area contributed by atoms with Gasteiger partial charge in [0.05, 0.1) is 24.7 Å². The summed E-state index contributed by atoms with van der Waals surface area (Å²) in [5.41, 5.74) is 11.2. The van der Waals surface area contributed by atoms with E-state index in [-0.39, 0.29) is 22.9 Å². The van der Waals surface area contributed by atoms with Crippen LogP contribution in [0.1, 0.15) is 68.9 Å². The Morgan fingerprint density at radius 3 is 2.16 bits per heavy atom. The number of methoxy groups -OCH3 is 1.